The summed E-state index contributed by atoms with van der Waals surface area (Å²) in [5.41, 5.74) is 4.15. The predicted octanol–water partition coefficient (Wildman–Crippen LogP) is 5.58. The maximum Gasteiger partial charge on any atom is 0.244 e. The fraction of sp³-hybridized carbons (Fsp3) is 0.412. The summed E-state index contributed by atoms with van der Waals surface area (Å²) in [4.78, 5) is 29.9. The van der Waals surface area contributed by atoms with E-state index in [9.17, 15) is 18.0 Å². The Kier molecular flexibility index (Phi) is 10.4. The van der Waals surface area contributed by atoms with Crippen LogP contribution in [0.3, 0.4) is 0 Å². The van der Waals surface area contributed by atoms with Crippen molar-refractivity contribution in [1.29, 1.82) is 0 Å². The van der Waals surface area contributed by atoms with E-state index in [4.69, 9.17) is 0 Å². The fourth-order valence-corrected chi connectivity index (χ4v) is 6.56. The lowest BCUT2D eigenvalue weighted by Gasteiger charge is -2.35. The average Bonchev–Trinajstić information content (AvgIpc) is 3.47. The Labute approximate surface area is 251 Å². The monoisotopic (exact) mass is 589 g/mol. The summed E-state index contributed by atoms with van der Waals surface area (Å²) in [6, 6.07) is 24.0. The molecule has 1 saturated carbocycles. The van der Waals surface area contributed by atoms with Crippen molar-refractivity contribution in [1.82, 2.24) is 10.2 Å². The van der Waals surface area contributed by atoms with Gasteiger partial charge in [-0.05, 0) is 54.0 Å². The number of aryl methyl sites for hydroxylation is 1. The third-order valence-corrected chi connectivity index (χ3v) is 9.21. The fourth-order valence-electron chi connectivity index (χ4n) is 5.69. The third-order valence-electron chi connectivity index (χ3n) is 8.08. The van der Waals surface area contributed by atoms with Gasteiger partial charge >= 0.3 is 0 Å². The molecule has 0 heterocycles. The minimum Gasteiger partial charge on any atom is -0.352 e. The predicted molar refractivity (Wildman–Crippen MR) is 169 cm³/mol. The van der Waals surface area contributed by atoms with Crippen LogP contribution in [0.5, 0.6) is 0 Å². The molecule has 1 aliphatic carbocycles. The summed E-state index contributed by atoms with van der Waals surface area (Å²) in [6.07, 6.45) is 5.42. The van der Waals surface area contributed by atoms with Gasteiger partial charge in [-0.15, -0.1) is 0 Å². The molecular weight excluding hydrogens is 546 g/mol. The van der Waals surface area contributed by atoms with Crippen molar-refractivity contribution in [3.05, 3.63) is 101 Å². The van der Waals surface area contributed by atoms with Crippen LogP contribution in [-0.2, 0) is 32.6 Å². The van der Waals surface area contributed by atoms with Gasteiger partial charge < -0.3 is 10.2 Å². The van der Waals surface area contributed by atoms with Gasteiger partial charge in [-0.2, -0.15) is 0 Å². The quantitative estimate of drug-likeness (QED) is 0.299. The topological polar surface area (TPSA) is 86.8 Å². The molecule has 224 valence electrons. The van der Waals surface area contributed by atoms with Crippen molar-refractivity contribution in [2.45, 2.75) is 77.4 Å². The van der Waals surface area contributed by atoms with E-state index >= 15 is 0 Å². The summed E-state index contributed by atoms with van der Waals surface area (Å²) >= 11 is 0. The van der Waals surface area contributed by atoms with E-state index in [2.05, 4.69) is 5.32 Å². The Morgan fingerprint density at radius 3 is 2.17 bits per heavy atom. The molecule has 4 rings (SSSR count). The van der Waals surface area contributed by atoms with Gasteiger partial charge in [0, 0.05) is 19.0 Å². The van der Waals surface area contributed by atoms with Crippen LogP contribution in [-0.4, -0.2) is 50.0 Å². The molecule has 1 fully saturated rings. The molecule has 0 unspecified atom stereocenters. The molecule has 0 saturated heterocycles. The number of sulfonamides is 1. The maximum atomic E-state index is 14.4. The Morgan fingerprint density at radius 1 is 0.905 bits per heavy atom. The van der Waals surface area contributed by atoms with Gasteiger partial charge in [-0.25, -0.2) is 8.42 Å². The maximum absolute atomic E-state index is 14.4. The van der Waals surface area contributed by atoms with Crippen molar-refractivity contribution in [3.8, 4) is 0 Å². The van der Waals surface area contributed by atoms with Gasteiger partial charge in [0.15, 0.2) is 0 Å². The van der Waals surface area contributed by atoms with E-state index in [1.807, 2.05) is 87.5 Å². The smallest absolute Gasteiger partial charge is 0.244 e. The van der Waals surface area contributed by atoms with Gasteiger partial charge in [0.2, 0.25) is 21.8 Å². The first-order valence-corrected chi connectivity index (χ1v) is 16.6. The van der Waals surface area contributed by atoms with Crippen LogP contribution in [0.2, 0.25) is 0 Å². The van der Waals surface area contributed by atoms with Crippen LogP contribution >= 0.6 is 0 Å². The zero-order valence-electron chi connectivity index (χ0n) is 25.1. The summed E-state index contributed by atoms with van der Waals surface area (Å²) in [5, 5.41) is 3.21. The number of rotatable bonds is 12. The second-order valence-electron chi connectivity index (χ2n) is 11.6. The molecule has 1 N–H and O–H groups in total. The molecule has 1 atom stereocenters. The van der Waals surface area contributed by atoms with Gasteiger partial charge in [-0.3, -0.25) is 13.9 Å². The van der Waals surface area contributed by atoms with Crippen molar-refractivity contribution >= 4 is 27.5 Å². The van der Waals surface area contributed by atoms with Crippen LogP contribution in [0, 0.1) is 6.92 Å². The van der Waals surface area contributed by atoms with Crippen molar-refractivity contribution < 1.29 is 18.0 Å². The van der Waals surface area contributed by atoms with Crippen LogP contribution in [0.15, 0.2) is 78.9 Å². The van der Waals surface area contributed by atoms with Crippen molar-refractivity contribution in [3.63, 3.8) is 0 Å². The minimum atomic E-state index is -3.82. The van der Waals surface area contributed by atoms with E-state index in [0.29, 0.717) is 12.1 Å². The van der Waals surface area contributed by atoms with E-state index in [0.717, 1.165) is 54.2 Å². The summed E-state index contributed by atoms with van der Waals surface area (Å²) in [6.45, 7) is 5.75. The lowest BCUT2D eigenvalue weighted by molar-refractivity contribution is -0.140. The van der Waals surface area contributed by atoms with Crippen LogP contribution < -0.4 is 9.62 Å². The van der Waals surface area contributed by atoms with Crippen LogP contribution in [0.4, 0.5) is 5.69 Å². The first-order chi connectivity index (χ1) is 20.0. The molecule has 3 aromatic carbocycles. The third kappa shape index (κ3) is 8.00. The van der Waals surface area contributed by atoms with Gasteiger partial charge in [0.25, 0.3) is 0 Å². The van der Waals surface area contributed by atoms with Crippen LogP contribution in [0.25, 0.3) is 0 Å². The lowest BCUT2D eigenvalue weighted by atomic mass is 10.0. The van der Waals surface area contributed by atoms with Crippen molar-refractivity contribution in [2.24, 2.45) is 0 Å². The molecule has 1 aliphatic rings. The highest BCUT2D eigenvalue weighted by Gasteiger charge is 2.35. The molecule has 0 aliphatic heterocycles. The first-order valence-electron chi connectivity index (χ1n) is 14.8. The number of anilines is 1. The second-order valence-corrected chi connectivity index (χ2v) is 13.5. The highest BCUT2D eigenvalue weighted by molar-refractivity contribution is 7.92. The zero-order chi connectivity index (χ0) is 30.3. The van der Waals surface area contributed by atoms with Crippen molar-refractivity contribution in [2.75, 3.05) is 17.1 Å². The molecule has 0 radical (unpaired) electrons. The Bertz CT molecular complexity index is 1470. The highest BCUT2D eigenvalue weighted by atomic mass is 32.2. The SMILES string of the molecule is Cc1ccccc1CN(C(=O)CN(c1ccccc1C(C)C)S(C)(=O)=O)[C@@H](Cc1ccccc1)C(=O)NC1CCCC1. The van der Waals surface area contributed by atoms with E-state index < -0.39 is 28.5 Å². The number of amides is 2. The number of nitrogens with zero attached hydrogens (tertiary/aromatic N) is 2. The number of hydrogen-bond donors (Lipinski definition) is 1. The second kappa shape index (κ2) is 14.0. The molecule has 0 spiro atoms. The minimum absolute atomic E-state index is 0.0478. The van der Waals surface area contributed by atoms with Gasteiger partial charge in [0.1, 0.15) is 12.6 Å². The van der Waals surface area contributed by atoms with E-state index in [1.165, 1.54) is 4.31 Å². The average molecular weight is 590 g/mol. The normalized spacial score (nSPS) is 14.5. The molecule has 3 aromatic rings. The molecule has 0 aromatic heterocycles. The largest absolute Gasteiger partial charge is 0.352 e. The highest BCUT2D eigenvalue weighted by Crippen LogP contribution is 2.29. The molecule has 2 amide bonds. The van der Waals surface area contributed by atoms with E-state index in [1.54, 1.807) is 17.0 Å². The van der Waals surface area contributed by atoms with Crippen LogP contribution in [0.1, 0.15) is 67.7 Å². The van der Waals surface area contributed by atoms with Gasteiger partial charge in [-0.1, -0.05) is 99.5 Å². The zero-order valence-corrected chi connectivity index (χ0v) is 25.9. The summed E-state index contributed by atoms with van der Waals surface area (Å²) in [7, 11) is -3.82. The number of hydrogen-bond acceptors (Lipinski definition) is 4. The van der Waals surface area contributed by atoms with E-state index in [-0.39, 0.29) is 24.4 Å². The number of benzene rings is 3. The van der Waals surface area contributed by atoms with Gasteiger partial charge in [0.05, 0.1) is 11.9 Å². The molecule has 8 heteroatoms. The summed E-state index contributed by atoms with van der Waals surface area (Å²) < 4.78 is 27.5. The standard InChI is InChI=1S/C34H43N3O4S/c1-25(2)30-20-12-13-21-31(30)37(42(4,40)41)24-33(38)36(23-28-17-9-8-14-26(28)3)32(22-27-15-6-5-7-16-27)34(39)35-29-18-10-11-19-29/h5-9,12-17,20-21,25,29,32H,10-11,18-19,22-24H2,1-4H3,(H,35,39)/t32-/m0/s1. The Hall–Kier alpha value is -3.65. The molecule has 42 heavy (non-hydrogen) atoms. The first kappa shape index (κ1) is 31.3. The molecule has 7 nitrogen and oxygen atoms in total. The molecular formula is C34H43N3O4S. The number of para-hydroxylation sites is 1. The Balaban J connectivity index is 1.76. The molecule has 0 bridgehead atoms. The number of carbonyl (C=O) groups is 2. The summed E-state index contributed by atoms with van der Waals surface area (Å²) in [5.74, 6) is -0.586. The number of nitrogens with one attached hydrogen (secondary N) is 1. The number of carbonyl (C=O) groups excluding carboxylic acids is 2. The Morgan fingerprint density at radius 2 is 1.52 bits per heavy atom. The lowest BCUT2D eigenvalue weighted by Crippen LogP contribution is -2.54.